The van der Waals surface area contributed by atoms with E-state index in [0.29, 0.717) is 5.69 Å². The maximum atomic E-state index is 13.8. The van der Waals surface area contributed by atoms with Gasteiger partial charge in [0.2, 0.25) is 5.91 Å². The average Bonchev–Trinajstić information content (AvgIpc) is 2.90. The van der Waals surface area contributed by atoms with Gasteiger partial charge >= 0.3 is 12.1 Å². The fourth-order valence-corrected chi connectivity index (χ4v) is 5.09. The van der Waals surface area contributed by atoms with Crippen molar-refractivity contribution in [3.05, 3.63) is 53.6 Å². The molecule has 36 heavy (non-hydrogen) atoms. The number of alkyl halides is 3. The third-order valence-corrected chi connectivity index (χ3v) is 6.92. The Labute approximate surface area is 208 Å². The van der Waals surface area contributed by atoms with Crippen LogP contribution in [0.1, 0.15) is 60.9 Å². The second-order valence-electron chi connectivity index (χ2n) is 9.29. The smallest absolute Gasteiger partial charge is 0.419 e. The Morgan fingerprint density at radius 2 is 1.67 bits per heavy atom. The van der Waals surface area contributed by atoms with Gasteiger partial charge in [0.15, 0.2) is 0 Å². The lowest BCUT2D eigenvalue weighted by molar-refractivity contribution is -0.138. The zero-order chi connectivity index (χ0) is 25.7. The third kappa shape index (κ3) is 5.83. The van der Waals surface area contributed by atoms with E-state index in [-0.39, 0.29) is 34.9 Å². The number of hydrogen-bond acceptors (Lipinski definition) is 5. The van der Waals surface area contributed by atoms with Gasteiger partial charge in [-0.2, -0.15) is 13.2 Å². The first-order valence-corrected chi connectivity index (χ1v) is 12.4. The van der Waals surface area contributed by atoms with Gasteiger partial charge in [-0.25, -0.2) is 4.79 Å². The Balaban J connectivity index is 1.73. The van der Waals surface area contributed by atoms with Crippen LogP contribution in [-0.4, -0.2) is 38.1 Å². The highest BCUT2D eigenvalue weighted by atomic mass is 19.4. The van der Waals surface area contributed by atoms with Crippen LogP contribution in [0.3, 0.4) is 0 Å². The van der Waals surface area contributed by atoms with Crippen LogP contribution in [0.25, 0.3) is 0 Å². The number of rotatable bonds is 6. The molecule has 4 rings (SSSR count). The van der Waals surface area contributed by atoms with Crippen LogP contribution >= 0.6 is 0 Å². The Hall–Kier alpha value is -3.07. The van der Waals surface area contributed by atoms with Crippen molar-refractivity contribution in [2.24, 2.45) is 5.92 Å². The van der Waals surface area contributed by atoms with E-state index < -0.39 is 17.7 Å². The quantitative estimate of drug-likeness (QED) is 0.493. The minimum atomic E-state index is -4.60. The van der Waals surface area contributed by atoms with Gasteiger partial charge in [-0.1, -0.05) is 31.4 Å². The summed E-state index contributed by atoms with van der Waals surface area (Å²) in [5.74, 6) is -1.14. The van der Waals surface area contributed by atoms with Crippen molar-refractivity contribution >= 4 is 17.6 Å². The van der Waals surface area contributed by atoms with E-state index in [2.05, 4.69) is 5.32 Å². The summed E-state index contributed by atoms with van der Waals surface area (Å²) in [4.78, 5) is 28.4. The van der Waals surface area contributed by atoms with Crippen LogP contribution in [-0.2, 0) is 15.7 Å². The molecule has 0 bridgehead atoms. The molecule has 0 spiro atoms. The molecule has 2 aromatic carbocycles. The summed E-state index contributed by atoms with van der Waals surface area (Å²) in [5, 5.41) is 3.30. The third-order valence-electron chi connectivity index (χ3n) is 6.92. The molecular formula is C27H31F3N2O4. The zero-order valence-electron chi connectivity index (χ0n) is 20.3. The molecule has 0 aromatic heterocycles. The van der Waals surface area contributed by atoms with Gasteiger partial charge in [0.25, 0.3) is 0 Å². The van der Waals surface area contributed by atoms with Gasteiger partial charge in [0.1, 0.15) is 11.5 Å². The normalized spacial score (nSPS) is 17.4. The number of ether oxygens (including phenoxy) is 2. The first kappa shape index (κ1) is 26.0. The zero-order valence-corrected chi connectivity index (χ0v) is 20.3. The number of benzene rings is 2. The Bertz CT molecular complexity index is 1080. The van der Waals surface area contributed by atoms with Crippen molar-refractivity contribution in [3.63, 3.8) is 0 Å². The standard InChI is InChI=1S/C27H31F3N2O4/c1-35-26(34)21-17-20(36-24-10-6-5-9-22(24)27(28,29)30)11-12-23(21)32(19-13-15-31-16-14-19)25(33)18-7-3-2-4-8-18/h5-6,9-12,17-19,31H,2-4,7-8,13-16H2,1H3. The van der Waals surface area contributed by atoms with Crippen molar-refractivity contribution in [1.29, 1.82) is 0 Å². The maximum Gasteiger partial charge on any atom is 0.419 e. The highest BCUT2D eigenvalue weighted by molar-refractivity contribution is 6.04. The van der Waals surface area contributed by atoms with E-state index in [9.17, 15) is 22.8 Å². The first-order valence-electron chi connectivity index (χ1n) is 12.4. The number of halogens is 3. The molecule has 1 amide bonds. The molecule has 1 heterocycles. The minimum absolute atomic E-state index is 0.0113. The lowest BCUT2D eigenvalue weighted by Crippen LogP contribution is -2.49. The van der Waals surface area contributed by atoms with E-state index in [4.69, 9.17) is 9.47 Å². The van der Waals surface area contributed by atoms with Crippen molar-refractivity contribution in [2.45, 2.75) is 57.2 Å². The molecule has 1 aliphatic carbocycles. The van der Waals surface area contributed by atoms with E-state index in [1.807, 2.05) is 0 Å². The molecule has 2 aromatic rings. The number of esters is 1. The van der Waals surface area contributed by atoms with Crippen molar-refractivity contribution in [3.8, 4) is 11.5 Å². The monoisotopic (exact) mass is 504 g/mol. The molecule has 194 valence electrons. The Morgan fingerprint density at radius 1 is 0.972 bits per heavy atom. The largest absolute Gasteiger partial charge is 0.465 e. The predicted octanol–water partition coefficient (Wildman–Crippen LogP) is 5.95. The van der Waals surface area contributed by atoms with Crippen molar-refractivity contribution in [2.75, 3.05) is 25.1 Å². The van der Waals surface area contributed by atoms with Gasteiger partial charge in [-0.05, 0) is 69.1 Å². The molecule has 0 unspecified atom stereocenters. The highest BCUT2D eigenvalue weighted by Crippen LogP contribution is 2.39. The number of carbonyl (C=O) groups is 2. The summed E-state index contributed by atoms with van der Waals surface area (Å²) < 4.78 is 50.9. The molecule has 1 aliphatic heterocycles. The Kier molecular flexibility index (Phi) is 8.18. The molecule has 1 saturated carbocycles. The SMILES string of the molecule is COC(=O)c1cc(Oc2ccccc2C(F)(F)F)ccc1N(C(=O)C1CCCCC1)C1CCNCC1. The molecule has 6 nitrogen and oxygen atoms in total. The number of amides is 1. The molecular weight excluding hydrogens is 473 g/mol. The fourth-order valence-electron chi connectivity index (χ4n) is 5.09. The van der Waals surface area contributed by atoms with Gasteiger partial charge in [-0.15, -0.1) is 0 Å². The molecule has 0 radical (unpaired) electrons. The number of para-hydroxylation sites is 1. The molecule has 1 N–H and O–H groups in total. The van der Waals surface area contributed by atoms with Crippen LogP contribution < -0.4 is 15.0 Å². The summed E-state index contributed by atoms with van der Waals surface area (Å²) in [5.41, 5.74) is -0.430. The second kappa shape index (κ2) is 11.3. The first-order chi connectivity index (χ1) is 17.3. The van der Waals surface area contributed by atoms with Crippen molar-refractivity contribution < 1.29 is 32.2 Å². The number of piperidine rings is 1. The van der Waals surface area contributed by atoms with Gasteiger partial charge in [0.05, 0.1) is 23.9 Å². The number of hydrogen-bond donors (Lipinski definition) is 1. The summed E-state index contributed by atoms with van der Waals surface area (Å²) in [6, 6.07) is 9.24. The second-order valence-corrected chi connectivity index (χ2v) is 9.29. The Morgan fingerprint density at radius 3 is 2.33 bits per heavy atom. The van der Waals surface area contributed by atoms with Gasteiger partial charge < -0.3 is 19.7 Å². The highest BCUT2D eigenvalue weighted by Gasteiger charge is 2.36. The van der Waals surface area contributed by atoms with Crippen LogP contribution in [0.5, 0.6) is 11.5 Å². The summed E-state index contributed by atoms with van der Waals surface area (Å²) in [6.07, 6.45) is 1.58. The van der Waals surface area contributed by atoms with Crippen LogP contribution in [0.2, 0.25) is 0 Å². The molecule has 9 heteroatoms. The minimum Gasteiger partial charge on any atom is -0.465 e. The maximum absolute atomic E-state index is 13.8. The van der Waals surface area contributed by atoms with Crippen LogP contribution in [0, 0.1) is 5.92 Å². The molecule has 0 atom stereocenters. The van der Waals surface area contributed by atoms with E-state index in [0.717, 1.165) is 64.1 Å². The fraction of sp³-hybridized carbons (Fsp3) is 0.481. The van der Waals surface area contributed by atoms with Gasteiger partial charge in [0, 0.05) is 12.0 Å². The predicted molar refractivity (Wildman–Crippen MR) is 129 cm³/mol. The molecule has 1 saturated heterocycles. The van der Waals surface area contributed by atoms with Crippen LogP contribution in [0.15, 0.2) is 42.5 Å². The van der Waals surface area contributed by atoms with Crippen LogP contribution in [0.4, 0.5) is 18.9 Å². The number of anilines is 1. The topological polar surface area (TPSA) is 67.9 Å². The molecule has 2 aliphatic rings. The number of nitrogens with zero attached hydrogens (tertiary/aromatic N) is 1. The van der Waals surface area contributed by atoms with E-state index >= 15 is 0 Å². The average molecular weight is 505 g/mol. The summed E-state index contributed by atoms with van der Waals surface area (Å²) in [6.45, 7) is 1.50. The summed E-state index contributed by atoms with van der Waals surface area (Å²) in [7, 11) is 1.23. The van der Waals surface area contributed by atoms with Crippen molar-refractivity contribution in [1.82, 2.24) is 5.32 Å². The van der Waals surface area contributed by atoms with Gasteiger partial charge in [-0.3, -0.25) is 4.79 Å². The summed E-state index contributed by atoms with van der Waals surface area (Å²) >= 11 is 0. The lowest BCUT2D eigenvalue weighted by atomic mass is 9.87. The lowest BCUT2D eigenvalue weighted by Gasteiger charge is -2.38. The van der Waals surface area contributed by atoms with E-state index in [1.54, 1.807) is 11.0 Å². The molecule has 2 fully saturated rings. The number of methoxy groups -OCH3 is 1. The number of carbonyl (C=O) groups excluding carboxylic acids is 2. The number of nitrogens with one attached hydrogen (secondary N) is 1. The van der Waals surface area contributed by atoms with E-state index in [1.165, 1.54) is 37.4 Å².